The summed E-state index contributed by atoms with van der Waals surface area (Å²) in [5, 5.41) is 18.7. The molecule has 1 aliphatic rings. The molecule has 0 saturated carbocycles. The van der Waals surface area contributed by atoms with Gasteiger partial charge in [0.05, 0.1) is 26.9 Å². The monoisotopic (exact) mass is 558 g/mol. The van der Waals surface area contributed by atoms with Crippen molar-refractivity contribution in [3.63, 3.8) is 0 Å². The number of carbonyl (C=O) groups excluding carboxylic acids is 2. The first-order chi connectivity index (χ1) is 19.0. The van der Waals surface area contributed by atoms with Gasteiger partial charge in [-0.05, 0) is 73.7 Å². The van der Waals surface area contributed by atoms with Gasteiger partial charge in [-0.1, -0.05) is 6.07 Å². The van der Waals surface area contributed by atoms with E-state index in [0.717, 1.165) is 11.8 Å². The van der Waals surface area contributed by atoms with Gasteiger partial charge in [-0.2, -0.15) is 5.10 Å². The molecular formula is C27H22N6O6S. The van der Waals surface area contributed by atoms with Crippen molar-refractivity contribution in [1.29, 1.82) is 0 Å². The lowest BCUT2D eigenvalue weighted by atomic mass is 9.88. The summed E-state index contributed by atoms with van der Waals surface area (Å²) in [6, 6.07) is 15.1. The minimum absolute atomic E-state index is 0.0895. The van der Waals surface area contributed by atoms with Crippen molar-refractivity contribution in [3.8, 4) is 16.9 Å². The van der Waals surface area contributed by atoms with Crippen LogP contribution in [0.2, 0.25) is 0 Å². The number of rotatable bonds is 7. The molecule has 0 spiro atoms. The average molecular weight is 559 g/mol. The van der Waals surface area contributed by atoms with Crippen molar-refractivity contribution in [2.75, 3.05) is 11.6 Å². The number of aromatic nitrogens is 2. The van der Waals surface area contributed by atoms with Gasteiger partial charge in [0.1, 0.15) is 5.56 Å². The van der Waals surface area contributed by atoms with Gasteiger partial charge in [0.2, 0.25) is 0 Å². The van der Waals surface area contributed by atoms with Crippen molar-refractivity contribution < 1.29 is 22.9 Å². The van der Waals surface area contributed by atoms with E-state index in [2.05, 4.69) is 22.1 Å². The second-order valence-corrected chi connectivity index (χ2v) is 11.2. The second-order valence-electron chi connectivity index (χ2n) is 9.16. The van der Waals surface area contributed by atoms with Crippen LogP contribution in [0.15, 0.2) is 70.6 Å². The summed E-state index contributed by atoms with van der Waals surface area (Å²) < 4.78 is 25.4. The molecule has 40 heavy (non-hydrogen) atoms. The first kappa shape index (κ1) is 26.4. The molecule has 12 nitrogen and oxygen atoms in total. The largest absolute Gasteiger partial charge is 0.364 e. The van der Waals surface area contributed by atoms with Crippen LogP contribution >= 0.6 is 0 Å². The number of anilines is 1. The fourth-order valence-electron chi connectivity index (χ4n) is 4.70. The zero-order valence-corrected chi connectivity index (χ0v) is 21.9. The topological polar surface area (TPSA) is 180 Å². The van der Waals surface area contributed by atoms with Crippen molar-refractivity contribution in [2.24, 2.45) is 10.7 Å². The lowest BCUT2D eigenvalue weighted by Crippen LogP contribution is -2.16. The Morgan fingerprint density at radius 3 is 2.45 bits per heavy atom. The lowest BCUT2D eigenvalue weighted by molar-refractivity contribution is -0.385. The number of aryl methyl sites for hydroxylation is 1. The Hall–Kier alpha value is -5.17. The van der Waals surface area contributed by atoms with E-state index in [0.29, 0.717) is 46.7 Å². The summed E-state index contributed by atoms with van der Waals surface area (Å²) in [4.78, 5) is 40.1. The fourth-order valence-corrected chi connectivity index (χ4v) is 5.33. The number of fused-ring (bicyclic) bond motifs is 3. The van der Waals surface area contributed by atoms with Crippen molar-refractivity contribution in [3.05, 3.63) is 93.2 Å². The number of nitrogens with two attached hydrogens (primary N) is 1. The van der Waals surface area contributed by atoms with Gasteiger partial charge in [0.15, 0.2) is 15.5 Å². The van der Waals surface area contributed by atoms with Crippen LogP contribution in [0.1, 0.15) is 32.0 Å². The van der Waals surface area contributed by atoms with E-state index in [1.807, 2.05) is 6.07 Å². The van der Waals surface area contributed by atoms with Crippen LogP contribution in [-0.2, 0) is 22.7 Å². The normalized spacial score (nSPS) is 12.2. The number of hydrogen-bond acceptors (Lipinski definition) is 8. The highest BCUT2D eigenvalue weighted by molar-refractivity contribution is 7.90. The molecule has 0 bridgehead atoms. The number of hydrogen-bond donors (Lipinski definition) is 2. The van der Waals surface area contributed by atoms with Gasteiger partial charge >= 0.3 is 0 Å². The number of benzene rings is 3. The SMILES string of the molecule is C=Nc1ccc([N+](=O)[O-])c(C(=O)Nc2ccc3c(c2)-c2c(c(C(N)=O)nn2-c2ccc(S(C)(=O)=O)cc2)CC3)c1. The molecule has 2 amide bonds. The lowest BCUT2D eigenvalue weighted by Gasteiger charge is -2.20. The van der Waals surface area contributed by atoms with E-state index in [1.165, 1.54) is 35.0 Å². The molecule has 5 rings (SSSR count). The summed E-state index contributed by atoms with van der Waals surface area (Å²) in [5.41, 5.74) is 9.09. The van der Waals surface area contributed by atoms with Crippen molar-refractivity contribution in [1.82, 2.24) is 9.78 Å². The maximum atomic E-state index is 13.1. The molecule has 0 radical (unpaired) electrons. The molecule has 0 fully saturated rings. The number of aliphatic imine (C=N–C) groups is 1. The number of nitro benzene ring substituents is 1. The summed E-state index contributed by atoms with van der Waals surface area (Å²) in [5.74, 6) is -1.42. The Bertz CT molecular complexity index is 1840. The molecule has 3 N–H and O–H groups in total. The molecule has 1 aliphatic carbocycles. The van der Waals surface area contributed by atoms with Gasteiger partial charge in [-0.3, -0.25) is 24.7 Å². The highest BCUT2D eigenvalue weighted by Crippen LogP contribution is 2.38. The third-order valence-corrected chi connectivity index (χ3v) is 7.73. The minimum Gasteiger partial charge on any atom is -0.364 e. The molecule has 4 aromatic rings. The highest BCUT2D eigenvalue weighted by Gasteiger charge is 2.29. The number of amides is 2. The maximum Gasteiger partial charge on any atom is 0.282 e. The third-order valence-electron chi connectivity index (χ3n) is 6.60. The summed E-state index contributed by atoms with van der Waals surface area (Å²) in [6.45, 7) is 3.40. The van der Waals surface area contributed by atoms with E-state index in [9.17, 15) is 28.1 Å². The van der Waals surface area contributed by atoms with Crippen LogP contribution in [0.5, 0.6) is 0 Å². The van der Waals surface area contributed by atoms with E-state index in [-0.39, 0.29) is 21.8 Å². The van der Waals surface area contributed by atoms with Gasteiger partial charge < -0.3 is 11.1 Å². The third kappa shape index (κ3) is 4.73. The molecule has 0 aliphatic heterocycles. The standard InChI is InChI=1S/C27H22N6O6S/c1-29-16-6-12-23(33(36)37)22(13-16)27(35)30-17-5-3-15-4-11-20-24(26(28)34)31-32(25(20)21(15)14-17)18-7-9-19(10-8-18)40(2,38)39/h3,5-10,12-14H,1,4,11H2,2H3,(H2,28,34)(H,30,35). The maximum absolute atomic E-state index is 13.1. The van der Waals surface area contributed by atoms with Crippen molar-refractivity contribution in [2.45, 2.75) is 17.7 Å². The number of sulfone groups is 1. The Labute approximate surface area is 228 Å². The Morgan fingerprint density at radius 1 is 1.10 bits per heavy atom. The van der Waals surface area contributed by atoms with Gasteiger partial charge in [-0.15, -0.1) is 0 Å². The van der Waals surface area contributed by atoms with Gasteiger partial charge in [0, 0.05) is 29.1 Å². The van der Waals surface area contributed by atoms with Gasteiger partial charge in [-0.25, -0.2) is 13.1 Å². The van der Waals surface area contributed by atoms with Crippen LogP contribution in [-0.4, -0.2) is 47.9 Å². The Morgan fingerprint density at radius 2 is 1.82 bits per heavy atom. The fraction of sp³-hybridized carbons (Fsp3) is 0.111. The molecule has 1 aromatic heterocycles. The predicted molar refractivity (Wildman–Crippen MR) is 148 cm³/mol. The molecule has 1 heterocycles. The second kappa shape index (κ2) is 9.85. The molecule has 202 valence electrons. The molecule has 0 unspecified atom stereocenters. The van der Waals surface area contributed by atoms with Crippen LogP contribution in [0, 0.1) is 10.1 Å². The van der Waals surface area contributed by atoms with E-state index >= 15 is 0 Å². The van der Waals surface area contributed by atoms with Crippen LogP contribution in [0.3, 0.4) is 0 Å². The summed E-state index contributed by atoms with van der Waals surface area (Å²) in [6.07, 6.45) is 2.17. The van der Waals surface area contributed by atoms with Crippen LogP contribution < -0.4 is 11.1 Å². The van der Waals surface area contributed by atoms with Crippen molar-refractivity contribution >= 4 is 45.4 Å². The average Bonchev–Trinajstić information content (AvgIpc) is 3.33. The number of nitro groups is 1. The Kier molecular flexibility index (Phi) is 6.51. The van der Waals surface area contributed by atoms with E-state index in [4.69, 9.17) is 5.73 Å². The summed E-state index contributed by atoms with van der Waals surface area (Å²) in [7, 11) is -3.42. The van der Waals surface area contributed by atoms with Gasteiger partial charge in [0.25, 0.3) is 17.5 Å². The zero-order chi connectivity index (χ0) is 28.8. The molecule has 13 heteroatoms. The molecule has 3 aromatic carbocycles. The number of nitrogens with one attached hydrogen (secondary N) is 1. The molecule has 0 atom stereocenters. The first-order valence-electron chi connectivity index (χ1n) is 11.9. The predicted octanol–water partition coefficient (Wildman–Crippen LogP) is 3.63. The highest BCUT2D eigenvalue weighted by atomic mass is 32.2. The zero-order valence-electron chi connectivity index (χ0n) is 21.1. The summed E-state index contributed by atoms with van der Waals surface area (Å²) >= 11 is 0. The molecule has 0 saturated heterocycles. The number of primary amides is 1. The quantitative estimate of drug-likeness (QED) is 0.197. The number of carbonyl (C=O) groups is 2. The van der Waals surface area contributed by atoms with Crippen LogP contribution in [0.4, 0.5) is 17.1 Å². The van der Waals surface area contributed by atoms with E-state index < -0.39 is 26.6 Å². The molecular weight excluding hydrogens is 536 g/mol. The van der Waals surface area contributed by atoms with E-state index in [1.54, 1.807) is 24.3 Å². The smallest absolute Gasteiger partial charge is 0.282 e. The number of nitrogens with zero attached hydrogens (tertiary/aromatic N) is 4. The minimum atomic E-state index is -3.42. The van der Waals surface area contributed by atoms with Crippen LogP contribution in [0.25, 0.3) is 16.9 Å². The Balaban J connectivity index is 1.60. The first-order valence-corrected chi connectivity index (χ1v) is 13.8.